The summed E-state index contributed by atoms with van der Waals surface area (Å²) in [5.74, 6) is 0. The van der Waals surface area contributed by atoms with Crippen LogP contribution in [0.3, 0.4) is 0 Å². The lowest BCUT2D eigenvalue weighted by Gasteiger charge is -2.28. The van der Waals surface area contributed by atoms with Gasteiger partial charge < -0.3 is 10.3 Å². The molecule has 3 rings (SSSR count). The maximum absolute atomic E-state index is 11.7. The van der Waals surface area contributed by atoms with Crippen molar-refractivity contribution in [1.82, 2.24) is 14.9 Å². The zero-order valence-corrected chi connectivity index (χ0v) is 7.66. The molecule has 0 unspecified atom stereocenters. The molecule has 1 aromatic heterocycles. The summed E-state index contributed by atoms with van der Waals surface area (Å²) in [6.07, 6.45) is 0. The number of aromatic amines is 1. The summed E-state index contributed by atoms with van der Waals surface area (Å²) >= 11 is 0. The van der Waals surface area contributed by atoms with E-state index < -0.39 is 0 Å². The lowest BCUT2D eigenvalue weighted by atomic mass is 10.1. The summed E-state index contributed by atoms with van der Waals surface area (Å²) in [7, 11) is 0. The second-order valence-corrected chi connectivity index (χ2v) is 3.63. The number of para-hydroxylation sites is 2. The average Bonchev–Trinajstić information content (AvgIpc) is 2.41. The van der Waals surface area contributed by atoms with Gasteiger partial charge in [-0.1, -0.05) is 12.1 Å². The summed E-state index contributed by atoms with van der Waals surface area (Å²) in [5.41, 5.74) is 1.92. The predicted molar refractivity (Wildman–Crippen MR) is 54.5 cm³/mol. The van der Waals surface area contributed by atoms with E-state index in [1.807, 2.05) is 28.8 Å². The molecule has 1 fully saturated rings. The van der Waals surface area contributed by atoms with E-state index in [2.05, 4.69) is 10.3 Å². The number of fused-ring (bicyclic) bond motifs is 1. The van der Waals surface area contributed by atoms with Gasteiger partial charge in [0.15, 0.2) is 0 Å². The van der Waals surface area contributed by atoms with Crippen molar-refractivity contribution in [2.75, 3.05) is 13.1 Å². The minimum Gasteiger partial charge on any atom is -0.313 e. The van der Waals surface area contributed by atoms with Crippen LogP contribution >= 0.6 is 0 Å². The van der Waals surface area contributed by atoms with E-state index >= 15 is 0 Å². The molecule has 1 saturated heterocycles. The summed E-state index contributed by atoms with van der Waals surface area (Å²) in [6, 6.07) is 8.11. The molecule has 1 aliphatic heterocycles. The lowest BCUT2D eigenvalue weighted by Crippen LogP contribution is -2.46. The van der Waals surface area contributed by atoms with Crippen LogP contribution in [0.4, 0.5) is 0 Å². The minimum atomic E-state index is -0.00213. The fraction of sp³-hybridized carbons (Fsp3) is 0.300. The van der Waals surface area contributed by atoms with Crippen molar-refractivity contribution in [3.8, 4) is 0 Å². The molecule has 1 aliphatic rings. The molecule has 4 heteroatoms. The van der Waals surface area contributed by atoms with Gasteiger partial charge in [0.05, 0.1) is 17.1 Å². The van der Waals surface area contributed by atoms with E-state index in [1.165, 1.54) is 0 Å². The van der Waals surface area contributed by atoms with Gasteiger partial charge in [0.2, 0.25) is 0 Å². The molecule has 1 aromatic carbocycles. The van der Waals surface area contributed by atoms with Crippen LogP contribution in [0.5, 0.6) is 0 Å². The molecule has 4 nitrogen and oxygen atoms in total. The monoisotopic (exact) mass is 189 g/mol. The van der Waals surface area contributed by atoms with E-state index in [0.717, 1.165) is 24.1 Å². The molecule has 0 saturated carbocycles. The molecule has 2 N–H and O–H groups in total. The first kappa shape index (κ1) is 7.82. The predicted octanol–water partition coefficient (Wildman–Crippen LogP) is 0.474. The molecule has 0 aliphatic carbocycles. The molecular weight excluding hydrogens is 178 g/mol. The molecule has 2 aromatic rings. The Balaban J connectivity index is 2.29. The van der Waals surface area contributed by atoms with E-state index in [-0.39, 0.29) is 5.69 Å². The third-order valence-corrected chi connectivity index (χ3v) is 2.75. The molecule has 0 spiro atoms. The van der Waals surface area contributed by atoms with Crippen molar-refractivity contribution >= 4 is 11.0 Å². The van der Waals surface area contributed by atoms with Gasteiger partial charge >= 0.3 is 5.69 Å². The number of aromatic nitrogens is 2. The number of hydrogen-bond donors (Lipinski definition) is 2. The molecule has 72 valence electrons. The fourth-order valence-corrected chi connectivity index (χ4v) is 1.89. The van der Waals surface area contributed by atoms with E-state index in [1.54, 1.807) is 0 Å². The Morgan fingerprint density at radius 3 is 2.79 bits per heavy atom. The van der Waals surface area contributed by atoms with Crippen molar-refractivity contribution in [1.29, 1.82) is 0 Å². The number of hydrogen-bond acceptors (Lipinski definition) is 2. The standard InChI is InChI=1S/C10H11N3O/c14-10-12-8-3-1-2-4-9(8)13(10)7-5-11-6-7/h1-4,7,11H,5-6H2,(H,12,14). The van der Waals surface area contributed by atoms with E-state index in [4.69, 9.17) is 0 Å². The first-order valence-corrected chi connectivity index (χ1v) is 4.76. The fourth-order valence-electron chi connectivity index (χ4n) is 1.89. The highest BCUT2D eigenvalue weighted by atomic mass is 16.1. The Morgan fingerprint density at radius 1 is 1.29 bits per heavy atom. The minimum absolute atomic E-state index is 0.00213. The van der Waals surface area contributed by atoms with Gasteiger partial charge in [-0.05, 0) is 12.1 Å². The first-order valence-electron chi connectivity index (χ1n) is 4.76. The van der Waals surface area contributed by atoms with Gasteiger partial charge in [-0.3, -0.25) is 4.57 Å². The Morgan fingerprint density at radius 2 is 2.07 bits per heavy atom. The van der Waals surface area contributed by atoms with Crippen molar-refractivity contribution in [3.05, 3.63) is 34.7 Å². The third-order valence-electron chi connectivity index (χ3n) is 2.75. The van der Waals surface area contributed by atoms with Crippen LogP contribution in [0.25, 0.3) is 11.0 Å². The molecule has 14 heavy (non-hydrogen) atoms. The average molecular weight is 189 g/mol. The zero-order chi connectivity index (χ0) is 9.54. The Kier molecular flexibility index (Phi) is 1.52. The molecule has 0 bridgehead atoms. The maximum atomic E-state index is 11.7. The Hall–Kier alpha value is -1.55. The smallest absolute Gasteiger partial charge is 0.313 e. The van der Waals surface area contributed by atoms with Gasteiger partial charge in [-0.25, -0.2) is 4.79 Å². The number of nitrogens with zero attached hydrogens (tertiary/aromatic N) is 1. The van der Waals surface area contributed by atoms with Crippen LogP contribution in [0.1, 0.15) is 6.04 Å². The summed E-state index contributed by atoms with van der Waals surface area (Å²) in [6.45, 7) is 1.78. The van der Waals surface area contributed by atoms with Crippen LogP contribution in [0, 0.1) is 0 Å². The highest BCUT2D eigenvalue weighted by molar-refractivity contribution is 5.75. The maximum Gasteiger partial charge on any atom is 0.326 e. The summed E-state index contributed by atoms with van der Waals surface area (Å²) < 4.78 is 1.84. The second kappa shape index (κ2) is 2.72. The zero-order valence-electron chi connectivity index (χ0n) is 7.66. The van der Waals surface area contributed by atoms with Crippen LogP contribution < -0.4 is 11.0 Å². The van der Waals surface area contributed by atoms with Gasteiger partial charge in [-0.15, -0.1) is 0 Å². The SMILES string of the molecule is O=c1[nH]c2ccccc2n1C1CNC1. The van der Waals surface area contributed by atoms with Crippen LogP contribution in [0.2, 0.25) is 0 Å². The molecule has 2 heterocycles. The Labute approximate surface area is 80.6 Å². The normalized spacial score (nSPS) is 17.1. The highest BCUT2D eigenvalue weighted by Crippen LogP contribution is 2.16. The van der Waals surface area contributed by atoms with E-state index in [0.29, 0.717) is 6.04 Å². The molecular formula is C10H11N3O. The number of benzene rings is 1. The van der Waals surface area contributed by atoms with Crippen LogP contribution in [0.15, 0.2) is 29.1 Å². The summed E-state index contributed by atoms with van der Waals surface area (Å²) in [4.78, 5) is 14.5. The highest BCUT2D eigenvalue weighted by Gasteiger charge is 2.22. The number of imidazole rings is 1. The number of rotatable bonds is 1. The topological polar surface area (TPSA) is 49.8 Å². The molecule has 0 amide bonds. The molecule has 0 atom stereocenters. The number of H-pyrrole nitrogens is 1. The lowest BCUT2D eigenvalue weighted by molar-refractivity contribution is 0.344. The van der Waals surface area contributed by atoms with Gasteiger partial charge in [0.1, 0.15) is 0 Å². The Bertz CT molecular complexity index is 521. The van der Waals surface area contributed by atoms with Crippen molar-refractivity contribution in [2.24, 2.45) is 0 Å². The largest absolute Gasteiger partial charge is 0.326 e. The van der Waals surface area contributed by atoms with E-state index in [9.17, 15) is 4.79 Å². The van der Waals surface area contributed by atoms with Gasteiger partial charge in [0.25, 0.3) is 0 Å². The van der Waals surface area contributed by atoms with Gasteiger partial charge in [0, 0.05) is 13.1 Å². The van der Waals surface area contributed by atoms with Crippen molar-refractivity contribution in [2.45, 2.75) is 6.04 Å². The van der Waals surface area contributed by atoms with Crippen molar-refractivity contribution < 1.29 is 0 Å². The third kappa shape index (κ3) is 0.943. The van der Waals surface area contributed by atoms with Crippen LogP contribution in [-0.4, -0.2) is 22.6 Å². The number of nitrogens with one attached hydrogen (secondary N) is 2. The first-order chi connectivity index (χ1) is 6.86. The second-order valence-electron chi connectivity index (χ2n) is 3.63. The quantitative estimate of drug-likeness (QED) is 0.685. The van der Waals surface area contributed by atoms with Gasteiger partial charge in [-0.2, -0.15) is 0 Å². The summed E-state index contributed by atoms with van der Waals surface area (Å²) in [5, 5.41) is 3.17. The van der Waals surface area contributed by atoms with Crippen molar-refractivity contribution in [3.63, 3.8) is 0 Å². The molecule has 0 radical (unpaired) electrons. The van der Waals surface area contributed by atoms with Crippen LogP contribution in [-0.2, 0) is 0 Å².